The van der Waals surface area contributed by atoms with Crippen LogP contribution in [0.15, 0.2) is 54.3 Å². The summed E-state index contributed by atoms with van der Waals surface area (Å²) in [5.41, 5.74) is 2.06. The molecule has 0 atom stereocenters. The SMILES string of the molecule is C=C/C=C(\C=C)c1ccc(Br)nc1. The molecule has 0 unspecified atom stereocenters. The summed E-state index contributed by atoms with van der Waals surface area (Å²) in [6.07, 6.45) is 7.21. The van der Waals surface area contributed by atoms with Gasteiger partial charge in [-0.25, -0.2) is 4.98 Å². The Hall–Kier alpha value is -1.15. The van der Waals surface area contributed by atoms with E-state index < -0.39 is 0 Å². The van der Waals surface area contributed by atoms with Crippen LogP contribution >= 0.6 is 15.9 Å². The number of pyridine rings is 1. The van der Waals surface area contributed by atoms with E-state index in [9.17, 15) is 0 Å². The molecule has 1 rings (SSSR count). The molecule has 2 heteroatoms. The summed E-state index contributed by atoms with van der Waals surface area (Å²) in [5.74, 6) is 0. The first-order valence-corrected chi connectivity index (χ1v) is 4.64. The summed E-state index contributed by atoms with van der Waals surface area (Å²) in [6.45, 7) is 7.36. The van der Waals surface area contributed by atoms with Crippen LogP contribution < -0.4 is 0 Å². The molecular weight excluding hydrogens is 226 g/mol. The third kappa shape index (κ3) is 2.67. The average Bonchev–Trinajstić information content (AvgIpc) is 2.16. The highest BCUT2D eigenvalue weighted by Crippen LogP contribution is 2.16. The molecule has 0 aromatic carbocycles. The predicted molar refractivity (Wildman–Crippen MR) is 60.3 cm³/mol. The molecule has 0 aliphatic rings. The van der Waals surface area contributed by atoms with E-state index in [2.05, 4.69) is 34.1 Å². The molecule has 0 amide bonds. The molecule has 0 radical (unpaired) electrons. The van der Waals surface area contributed by atoms with Crippen LogP contribution in [0.25, 0.3) is 5.57 Å². The molecule has 0 saturated heterocycles. The van der Waals surface area contributed by atoms with Crippen LogP contribution in [-0.2, 0) is 0 Å². The number of rotatable bonds is 3. The Labute approximate surface area is 86.6 Å². The van der Waals surface area contributed by atoms with E-state index in [1.165, 1.54) is 0 Å². The van der Waals surface area contributed by atoms with Crippen molar-refractivity contribution >= 4 is 21.5 Å². The predicted octanol–water partition coefficient (Wildman–Crippen LogP) is 3.60. The Morgan fingerprint density at radius 3 is 2.62 bits per heavy atom. The molecule has 1 aromatic heterocycles. The normalized spacial score (nSPS) is 11.0. The lowest BCUT2D eigenvalue weighted by molar-refractivity contribution is 1.26. The van der Waals surface area contributed by atoms with Gasteiger partial charge in [0.1, 0.15) is 4.60 Å². The summed E-state index contributed by atoms with van der Waals surface area (Å²) in [4.78, 5) is 4.12. The van der Waals surface area contributed by atoms with Gasteiger partial charge >= 0.3 is 0 Å². The first-order valence-electron chi connectivity index (χ1n) is 3.85. The summed E-state index contributed by atoms with van der Waals surface area (Å²) < 4.78 is 0.832. The molecule has 0 aliphatic carbocycles. The van der Waals surface area contributed by atoms with Crippen LogP contribution in [0, 0.1) is 0 Å². The maximum atomic E-state index is 4.12. The number of hydrogen-bond donors (Lipinski definition) is 0. The molecule has 1 heterocycles. The zero-order valence-corrected chi connectivity index (χ0v) is 8.79. The van der Waals surface area contributed by atoms with Crippen molar-refractivity contribution in [1.82, 2.24) is 4.98 Å². The van der Waals surface area contributed by atoms with Crippen LogP contribution in [0.2, 0.25) is 0 Å². The Balaban J connectivity index is 3.06. The van der Waals surface area contributed by atoms with Crippen molar-refractivity contribution in [1.29, 1.82) is 0 Å². The van der Waals surface area contributed by atoms with E-state index in [0.717, 1.165) is 15.7 Å². The maximum Gasteiger partial charge on any atom is 0.106 e. The molecule has 1 nitrogen and oxygen atoms in total. The van der Waals surface area contributed by atoms with Gasteiger partial charge in [-0.15, -0.1) is 0 Å². The quantitative estimate of drug-likeness (QED) is 0.577. The molecule has 66 valence electrons. The minimum atomic E-state index is 0.832. The second kappa shape index (κ2) is 4.77. The largest absolute Gasteiger partial charge is 0.249 e. The van der Waals surface area contributed by atoms with E-state index in [0.29, 0.717) is 0 Å². The lowest BCUT2D eigenvalue weighted by Gasteiger charge is -1.99. The lowest BCUT2D eigenvalue weighted by atomic mass is 10.1. The molecule has 1 aromatic rings. The van der Waals surface area contributed by atoms with Gasteiger partial charge in [0.05, 0.1) is 0 Å². The Bertz CT molecular complexity index is 336. The van der Waals surface area contributed by atoms with Gasteiger partial charge in [-0.1, -0.05) is 37.5 Å². The minimum Gasteiger partial charge on any atom is -0.249 e. The molecule has 0 aliphatic heterocycles. The standard InChI is InChI=1S/C11H10BrN/c1-3-5-9(4-2)10-6-7-11(12)13-8-10/h3-8H,1-2H2/b9-5+. The van der Waals surface area contributed by atoms with Crippen LogP contribution in [-0.4, -0.2) is 4.98 Å². The summed E-state index contributed by atoms with van der Waals surface area (Å²) in [7, 11) is 0. The van der Waals surface area contributed by atoms with Gasteiger partial charge in [-0.2, -0.15) is 0 Å². The van der Waals surface area contributed by atoms with Crippen LogP contribution in [0.4, 0.5) is 0 Å². The van der Waals surface area contributed by atoms with E-state index in [-0.39, 0.29) is 0 Å². The topological polar surface area (TPSA) is 12.9 Å². The molecule has 0 saturated carbocycles. The number of halogens is 1. The van der Waals surface area contributed by atoms with E-state index in [1.807, 2.05) is 18.2 Å². The molecule has 0 fully saturated rings. The third-order valence-electron chi connectivity index (χ3n) is 1.58. The number of nitrogens with zero attached hydrogens (tertiary/aromatic N) is 1. The number of allylic oxidation sites excluding steroid dienone is 4. The van der Waals surface area contributed by atoms with Crippen molar-refractivity contribution < 1.29 is 0 Å². The Morgan fingerprint density at radius 1 is 1.38 bits per heavy atom. The first kappa shape index (κ1) is 9.93. The smallest absolute Gasteiger partial charge is 0.106 e. The third-order valence-corrected chi connectivity index (χ3v) is 2.05. The molecule has 0 N–H and O–H groups in total. The van der Waals surface area contributed by atoms with Crippen molar-refractivity contribution in [2.45, 2.75) is 0 Å². The molecule has 0 spiro atoms. The highest BCUT2D eigenvalue weighted by molar-refractivity contribution is 9.10. The first-order chi connectivity index (χ1) is 6.27. The van der Waals surface area contributed by atoms with Gasteiger partial charge in [0.2, 0.25) is 0 Å². The summed E-state index contributed by atoms with van der Waals surface area (Å²) in [5, 5.41) is 0. The Kier molecular flexibility index (Phi) is 3.65. The second-order valence-corrected chi connectivity index (χ2v) is 3.24. The zero-order valence-electron chi connectivity index (χ0n) is 7.20. The van der Waals surface area contributed by atoms with Gasteiger partial charge in [0.25, 0.3) is 0 Å². The molecule has 13 heavy (non-hydrogen) atoms. The van der Waals surface area contributed by atoms with Gasteiger partial charge in [0.15, 0.2) is 0 Å². The van der Waals surface area contributed by atoms with Crippen LogP contribution in [0.3, 0.4) is 0 Å². The number of aromatic nitrogens is 1. The van der Waals surface area contributed by atoms with E-state index >= 15 is 0 Å². The fraction of sp³-hybridized carbons (Fsp3) is 0. The van der Waals surface area contributed by atoms with Crippen LogP contribution in [0.1, 0.15) is 5.56 Å². The second-order valence-electron chi connectivity index (χ2n) is 2.43. The highest BCUT2D eigenvalue weighted by atomic mass is 79.9. The van der Waals surface area contributed by atoms with Crippen molar-refractivity contribution in [2.75, 3.05) is 0 Å². The average molecular weight is 236 g/mol. The van der Waals surface area contributed by atoms with E-state index in [4.69, 9.17) is 0 Å². The van der Waals surface area contributed by atoms with Crippen molar-refractivity contribution in [3.8, 4) is 0 Å². The summed E-state index contributed by atoms with van der Waals surface area (Å²) in [6, 6.07) is 3.88. The molecule has 0 bridgehead atoms. The maximum absolute atomic E-state index is 4.12. The monoisotopic (exact) mass is 235 g/mol. The lowest BCUT2D eigenvalue weighted by Crippen LogP contribution is -1.82. The van der Waals surface area contributed by atoms with Gasteiger partial charge in [0, 0.05) is 11.8 Å². The van der Waals surface area contributed by atoms with Gasteiger partial charge in [-0.3, -0.25) is 0 Å². The Morgan fingerprint density at radius 2 is 2.15 bits per heavy atom. The van der Waals surface area contributed by atoms with Crippen molar-refractivity contribution in [3.63, 3.8) is 0 Å². The number of hydrogen-bond acceptors (Lipinski definition) is 1. The van der Waals surface area contributed by atoms with E-state index in [1.54, 1.807) is 18.3 Å². The highest BCUT2D eigenvalue weighted by Gasteiger charge is 1.95. The summed E-state index contributed by atoms with van der Waals surface area (Å²) >= 11 is 3.28. The van der Waals surface area contributed by atoms with Crippen molar-refractivity contribution in [2.24, 2.45) is 0 Å². The molecular formula is C11H10BrN. The fourth-order valence-corrected chi connectivity index (χ4v) is 1.19. The van der Waals surface area contributed by atoms with Gasteiger partial charge < -0.3 is 0 Å². The van der Waals surface area contributed by atoms with Gasteiger partial charge in [-0.05, 0) is 27.6 Å². The minimum absolute atomic E-state index is 0.832. The fourth-order valence-electron chi connectivity index (χ4n) is 0.956. The van der Waals surface area contributed by atoms with Crippen molar-refractivity contribution in [3.05, 3.63) is 59.9 Å². The van der Waals surface area contributed by atoms with Crippen LogP contribution in [0.5, 0.6) is 0 Å². The zero-order chi connectivity index (χ0) is 9.68.